The van der Waals surface area contributed by atoms with Crippen LogP contribution in [0.5, 0.6) is 5.75 Å². The second kappa shape index (κ2) is 7.72. The molecule has 1 N–H and O–H groups in total. The van der Waals surface area contributed by atoms with Crippen molar-refractivity contribution in [1.29, 1.82) is 0 Å². The van der Waals surface area contributed by atoms with Crippen molar-refractivity contribution in [3.63, 3.8) is 0 Å². The first-order chi connectivity index (χ1) is 12.1. The fourth-order valence-electron chi connectivity index (χ4n) is 3.09. The summed E-state index contributed by atoms with van der Waals surface area (Å²) < 4.78 is 6.68. The quantitative estimate of drug-likeness (QED) is 0.489. The number of hydrogen-bond acceptors (Lipinski definition) is 4. The van der Waals surface area contributed by atoms with E-state index in [0.29, 0.717) is 18.1 Å². The fraction of sp³-hybridized carbons (Fsp3) is 0.500. The normalized spacial score (nSPS) is 14.2. The highest BCUT2D eigenvalue weighted by atomic mass is 16.5. The van der Waals surface area contributed by atoms with Gasteiger partial charge in [0.25, 0.3) is 0 Å². The maximum Gasteiger partial charge on any atom is 0.231 e. The molecule has 1 aliphatic rings. The molecule has 134 valence electrons. The third kappa shape index (κ3) is 4.03. The van der Waals surface area contributed by atoms with Crippen molar-refractivity contribution in [3.8, 4) is 5.75 Å². The van der Waals surface area contributed by atoms with Crippen LogP contribution in [0.15, 0.2) is 24.3 Å². The maximum absolute atomic E-state index is 12.7. The van der Waals surface area contributed by atoms with Crippen LogP contribution in [-0.2, 0) is 12.8 Å². The Balaban J connectivity index is 1.73. The lowest BCUT2D eigenvalue weighted by Crippen LogP contribution is -2.11. The Kier molecular flexibility index (Phi) is 5.41. The monoisotopic (exact) mass is 342 g/mol. The van der Waals surface area contributed by atoms with Gasteiger partial charge in [-0.15, -0.1) is 0 Å². The molecule has 2 aromatic rings. The standard InChI is InChI=1S/C20H26N2O3/c1-14(2)12-13-25-16-10-8-15(9-11-16)19(23)20-21-17-6-4-3-5-7-18(17)22(20)24/h8-11,14,24H,3-7,12-13H2,1-2H3. The number of carbonyl (C=O) groups excluding carboxylic acids is 1. The van der Waals surface area contributed by atoms with E-state index >= 15 is 0 Å². The molecular weight excluding hydrogens is 316 g/mol. The smallest absolute Gasteiger partial charge is 0.231 e. The highest BCUT2D eigenvalue weighted by molar-refractivity contribution is 6.06. The van der Waals surface area contributed by atoms with Gasteiger partial charge < -0.3 is 9.94 Å². The number of fused-ring (bicyclic) bond motifs is 1. The first-order valence-corrected chi connectivity index (χ1v) is 9.13. The van der Waals surface area contributed by atoms with E-state index in [4.69, 9.17) is 4.74 Å². The molecule has 0 saturated carbocycles. The molecule has 0 spiro atoms. The number of carbonyl (C=O) groups is 1. The Morgan fingerprint density at radius 2 is 1.92 bits per heavy atom. The zero-order valence-electron chi connectivity index (χ0n) is 15.0. The second-order valence-electron chi connectivity index (χ2n) is 7.09. The van der Waals surface area contributed by atoms with Crippen LogP contribution >= 0.6 is 0 Å². The van der Waals surface area contributed by atoms with Gasteiger partial charge in [-0.3, -0.25) is 4.79 Å². The fourth-order valence-corrected chi connectivity index (χ4v) is 3.09. The lowest BCUT2D eigenvalue weighted by molar-refractivity contribution is 0.0970. The summed E-state index contributed by atoms with van der Waals surface area (Å²) in [4.78, 5) is 17.1. The highest BCUT2D eigenvalue weighted by Crippen LogP contribution is 2.22. The molecular formula is C20H26N2O3. The maximum atomic E-state index is 12.7. The van der Waals surface area contributed by atoms with E-state index in [2.05, 4.69) is 18.8 Å². The largest absolute Gasteiger partial charge is 0.494 e. The summed E-state index contributed by atoms with van der Waals surface area (Å²) in [5, 5.41) is 10.4. The Morgan fingerprint density at radius 1 is 1.20 bits per heavy atom. The molecule has 0 aliphatic heterocycles. The molecule has 5 nitrogen and oxygen atoms in total. The third-order valence-corrected chi connectivity index (χ3v) is 4.64. The van der Waals surface area contributed by atoms with Crippen LogP contribution in [0.4, 0.5) is 0 Å². The van der Waals surface area contributed by atoms with E-state index in [1.54, 1.807) is 24.3 Å². The third-order valence-electron chi connectivity index (χ3n) is 4.64. The van der Waals surface area contributed by atoms with E-state index in [1.807, 2.05) is 0 Å². The summed E-state index contributed by atoms with van der Waals surface area (Å²) in [6.45, 7) is 4.98. The van der Waals surface area contributed by atoms with Crippen LogP contribution in [0.3, 0.4) is 0 Å². The average Bonchev–Trinajstić information content (AvgIpc) is 2.77. The van der Waals surface area contributed by atoms with E-state index in [9.17, 15) is 10.0 Å². The molecule has 1 aliphatic carbocycles. The van der Waals surface area contributed by atoms with Crippen molar-refractivity contribution in [3.05, 3.63) is 47.0 Å². The second-order valence-corrected chi connectivity index (χ2v) is 7.09. The zero-order valence-corrected chi connectivity index (χ0v) is 15.0. The van der Waals surface area contributed by atoms with Gasteiger partial charge in [0.1, 0.15) is 5.75 Å². The molecule has 0 saturated heterocycles. The number of ether oxygens (including phenoxy) is 1. The van der Waals surface area contributed by atoms with Crippen LogP contribution in [0.2, 0.25) is 0 Å². The van der Waals surface area contributed by atoms with Gasteiger partial charge in [0.2, 0.25) is 11.6 Å². The van der Waals surface area contributed by atoms with Crippen LogP contribution in [0.1, 0.15) is 67.1 Å². The Bertz CT molecular complexity index is 732. The molecule has 5 heteroatoms. The van der Waals surface area contributed by atoms with Gasteiger partial charge in [-0.2, -0.15) is 4.73 Å². The molecule has 1 heterocycles. The summed E-state index contributed by atoms with van der Waals surface area (Å²) >= 11 is 0. The van der Waals surface area contributed by atoms with Gasteiger partial charge in [-0.1, -0.05) is 20.3 Å². The predicted octanol–water partition coefficient (Wildman–Crippen LogP) is 4.05. The molecule has 1 aromatic heterocycles. The average molecular weight is 342 g/mol. The minimum absolute atomic E-state index is 0.111. The van der Waals surface area contributed by atoms with Gasteiger partial charge in [0, 0.05) is 5.56 Å². The van der Waals surface area contributed by atoms with Crippen LogP contribution < -0.4 is 4.74 Å². The molecule has 0 atom stereocenters. The van der Waals surface area contributed by atoms with Crippen molar-refractivity contribution in [1.82, 2.24) is 9.71 Å². The number of ketones is 1. The number of aromatic nitrogens is 2. The van der Waals surface area contributed by atoms with E-state index < -0.39 is 0 Å². The van der Waals surface area contributed by atoms with E-state index in [0.717, 1.165) is 60.4 Å². The number of rotatable bonds is 6. The SMILES string of the molecule is CC(C)CCOc1ccc(C(=O)c2nc3c(n2O)CCCCC3)cc1. The number of imidazole rings is 1. The molecule has 0 bridgehead atoms. The number of hydrogen-bond donors (Lipinski definition) is 1. The molecule has 0 radical (unpaired) electrons. The summed E-state index contributed by atoms with van der Waals surface area (Å²) in [6.07, 6.45) is 5.81. The van der Waals surface area contributed by atoms with Crippen molar-refractivity contribution in [2.75, 3.05) is 6.61 Å². The summed E-state index contributed by atoms with van der Waals surface area (Å²) in [5.74, 6) is 1.20. The first kappa shape index (κ1) is 17.5. The van der Waals surface area contributed by atoms with Crippen molar-refractivity contribution >= 4 is 5.78 Å². The number of benzene rings is 1. The molecule has 0 unspecified atom stereocenters. The van der Waals surface area contributed by atoms with Crippen LogP contribution in [-0.4, -0.2) is 27.3 Å². The minimum Gasteiger partial charge on any atom is -0.494 e. The number of aryl methyl sites for hydroxylation is 1. The molecule has 25 heavy (non-hydrogen) atoms. The van der Waals surface area contributed by atoms with Gasteiger partial charge in [0.15, 0.2) is 0 Å². The molecule has 3 rings (SSSR count). The van der Waals surface area contributed by atoms with Crippen molar-refractivity contribution in [2.45, 2.75) is 52.4 Å². The number of nitrogens with zero attached hydrogens (tertiary/aromatic N) is 2. The zero-order chi connectivity index (χ0) is 17.8. The van der Waals surface area contributed by atoms with Crippen LogP contribution in [0.25, 0.3) is 0 Å². The van der Waals surface area contributed by atoms with Gasteiger partial charge in [-0.25, -0.2) is 4.98 Å². The Hall–Kier alpha value is -2.30. The lowest BCUT2D eigenvalue weighted by Gasteiger charge is -2.08. The highest BCUT2D eigenvalue weighted by Gasteiger charge is 2.23. The summed E-state index contributed by atoms with van der Waals surface area (Å²) in [5.41, 5.74) is 2.15. The minimum atomic E-state index is -0.260. The molecule has 0 amide bonds. The van der Waals surface area contributed by atoms with Crippen molar-refractivity contribution < 1.29 is 14.7 Å². The van der Waals surface area contributed by atoms with Gasteiger partial charge in [0.05, 0.1) is 18.0 Å². The Morgan fingerprint density at radius 3 is 2.64 bits per heavy atom. The van der Waals surface area contributed by atoms with Gasteiger partial charge >= 0.3 is 0 Å². The molecule has 0 fully saturated rings. The van der Waals surface area contributed by atoms with Crippen molar-refractivity contribution in [2.24, 2.45) is 5.92 Å². The predicted molar refractivity (Wildman–Crippen MR) is 95.5 cm³/mol. The van der Waals surface area contributed by atoms with E-state index in [-0.39, 0.29) is 11.6 Å². The summed E-state index contributed by atoms with van der Waals surface area (Å²) in [6, 6.07) is 7.05. The van der Waals surface area contributed by atoms with E-state index in [1.165, 1.54) is 0 Å². The van der Waals surface area contributed by atoms with Gasteiger partial charge in [-0.05, 0) is 62.3 Å². The van der Waals surface area contributed by atoms with Crippen LogP contribution in [0, 0.1) is 5.92 Å². The lowest BCUT2D eigenvalue weighted by atomic mass is 10.1. The molecule has 1 aromatic carbocycles. The first-order valence-electron chi connectivity index (χ1n) is 9.13. The Labute approximate surface area is 148 Å². The topological polar surface area (TPSA) is 64.3 Å². The summed E-state index contributed by atoms with van der Waals surface area (Å²) in [7, 11) is 0.